The molecule has 2 aliphatic heterocycles. The molecule has 1 aromatic heterocycles. The average Bonchev–Trinajstić information content (AvgIpc) is 3.06. The van der Waals surface area contributed by atoms with Gasteiger partial charge in [-0.05, 0) is 56.6 Å². The lowest BCUT2D eigenvalue weighted by Crippen LogP contribution is -2.50. The Bertz CT molecular complexity index is 1030. The van der Waals surface area contributed by atoms with Crippen LogP contribution in [0.2, 0.25) is 0 Å². The molecule has 6 nitrogen and oxygen atoms in total. The number of hydrogen-bond donors (Lipinski definition) is 1. The van der Waals surface area contributed by atoms with E-state index in [1.54, 1.807) is 10.6 Å². The molecule has 4 atom stereocenters. The van der Waals surface area contributed by atoms with Crippen LogP contribution in [0.3, 0.4) is 0 Å². The molecule has 32 heavy (non-hydrogen) atoms. The molecule has 6 heteroatoms. The largest absolute Gasteiger partial charge is 0.476 e. The number of nitrogens with zero attached hydrogens (tertiary/aromatic N) is 3. The van der Waals surface area contributed by atoms with E-state index >= 15 is 0 Å². The molecule has 0 amide bonds. The minimum absolute atomic E-state index is 0.0365. The second kappa shape index (κ2) is 8.97. The summed E-state index contributed by atoms with van der Waals surface area (Å²) in [4.78, 5) is 31.9. The summed E-state index contributed by atoms with van der Waals surface area (Å²) < 4.78 is 1.76. The molecule has 2 bridgehead atoms. The smallest absolute Gasteiger partial charge is 0.360 e. The van der Waals surface area contributed by atoms with Crippen molar-refractivity contribution in [3.05, 3.63) is 40.3 Å². The molecule has 1 saturated carbocycles. The van der Waals surface area contributed by atoms with E-state index in [0.717, 1.165) is 24.3 Å². The fourth-order valence-electron chi connectivity index (χ4n) is 6.95. The Kier molecular flexibility index (Phi) is 6.06. The van der Waals surface area contributed by atoms with Gasteiger partial charge in [0.15, 0.2) is 0 Å². The highest BCUT2D eigenvalue weighted by Crippen LogP contribution is 2.44. The maximum atomic E-state index is 13.2. The molecule has 3 aliphatic rings. The van der Waals surface area contributed by atoms with Crippen LogP contribution in [0.5, 0.6) is 0 Å². The Morgan fingerprint density at radius 3 is 2.41 bits per heavy atom. The number of piperidine rings is 1. The van der Waals surface area contributed by atoms with Crippen molar-refractivity contribution in [1.82, 2.24) is 14.5 Å². The zero-order chi connectivity index (χ0) is 22.2. The number of rotatable bonds is 6. The van der Waals surface area contributed by atoms with Crippen LogP contribution in [0.4, 0.5) is 0 Å². The molecule has 3 fully saturated rings. The number of carbonyl (C=O) groups is 1. The molecule has 2 aromatic rings. The van der Waals surface area contributed by atoms with Crippen LogP contribution in [0, 0.1) is 5.92 Å². The average molecular weight is 438 g/mol. The molecule has 1 aromatic carbocycles. The third-order valence-electron chi connectivity index (χ3n) is 8.35. The molecule has 2 saturated heterocycles. The Labute approximate surface area is 189 Å². The second-order valence-corrected chi connectivity index (χ2v) is 10.2. The molecule has 5 rings (SSSR count). The SMILES string of the molecule is CC[C@@H](CC1CCCCC1)N1[C@@H]2CC[C@H]1C[C@@H](n1c(=O)c(C(=O)O)nc3ccccc31)C2. The van der Waals surface area contributed by atoms with Gasteiger partial charge in [-0.1, -0.05) is 51.2 Å². The molecule has 1 N–H and O–H groups in total. The molecular weight excluding hydrogens is 402 g/mol. The molecule has 172 valence electrons. The minimum atomic E-state index is -1.24. The van der Waals surface area contributed by atoms with Gasteiger partial charge in [0.1, 0.15) is 0 Å². The first-order chi connectivity index (χ1) is 15.6. The standard InChI is InChI=1S/C26H35N3O3/c1-2-18(14-17-8-4-3-5-9-17)28-19-12-13-20(28)16-21(15-19)29-23-11-7-6-10-22(23)27-24(25(29)30)26(31)32/h6-7,10-11,17-21H,2-5,8-9,12-16H2,1H3,(H,31,32)/t18-,19-,20+,21+/m0/s1. The first-order valence-corrected chi connectivity index (χ1v) is 12.6. The molecule has 0 radical (unpaired) electrons. The van der Waals surface area contributed by atoms with Gasteiger partial charge >= 0.3 is 5.97 Å². The lowest BCUT2D eigenvalue weighted by atomic mass is 9.82. The Balaban J connectivity index is 1.43. The number of benzene rings is 1. The van der Waals surface area contributed by atoms with Crippen molar-refractivity contribution < 1.29 is 9.90 Å². The number of carboxylic acid groups (broad SMARTS) is 1. The lowest BCUT2D eigenvalue weighted by Gasteiger charge is -2.45. The van der Waals surface area contributed by atoms with Crippen molar-refractivity contribution in [3.63, 3.8) is 0 Å². The molecule has 0 spiro atoms. The van der Waals surface area contributed by atoms with E-state index in [-0.39, 0.29) is 11.7 Å². The highest BCUT2D eigenvalue weighted by atomic mass is 16.4. The fraction of sp³-hybridized carbons (Fsp3) is 0.654. The van der Waals surface area contributed by atoms with Crippen LogP contribution in [0.1, 0.15) is 94.1 Å². The number of para-hydroxylation sites is 2. The number of carboxylic acids is 1. The molecule has 1 aliphatic carbocycles. The van der Waals surface area contributed by atoms with Gasteiger partial charge in [-0.3, -0.25) is 9.69 Å². The first kappa shape index (κ1) is 21.6. The topological polar surface area (TPSA) is 75.4 Å². The van der Waals surface area contributed by atoms with E-state index in [9.17, 15) is 14.7 Å². The Hall–Kier alpha value is -2.21. The fourth-order valence-corrected chi connectivity index (χ4v) is 6.95. The quantitative estimate of drug-likeness (QED) is 0.687. The van der Waals surface area contributed by atoms with E-state index in [0.29, 0.717) is 23.6 Å². The van der Waals surface area contributed by atoms with E-state index in [1.807, 2.05) is 18.2 Å². The van der Waals surface area contributed by atoms with E-state index < -0.39 is 11.5 Å². The van der Waals surface area contributed by atoms with Gasteiger partial charge in [0.05, 0.1) is 11.0 Å². The predicted molar refractivity (Wildman–Crippen MR) is 125 cm³/mol. The third kappa shape index (κ3) is 3.87. The summed E-state index contributed by atoms with van der Waals surface area (Å²) in [7, 11) is 0. The Morgan fingerprint density at radius 2 is 1.75 bits per heavy atom. The number of aromatic carboxylic acids is 1. The summed E-state index contributed by atoms with van der Waals surface area (Å²) in [6, 6.07) is 9.10. The van der Waals surface area contributed by atoms with Crippen molar-refractivity contribution in [2.45, 2.75) is 102 Å². The van der Waals surface area contributed by atoms with Crippen molar-refractivity contribution in [2.24, 2.45) is 5.92 Å². The van der Waals surface area contributed by atoms with Crippen LogP contribution in [0.15, 0.2) is 29.1 Å². The summed E-state index contributed by atoms with van der Waals surface area (Å²) in [5, 5.41) is 9.58. The maximum absolute atomic E-state index is 13.2. The van der Waals surface area contributed by atoms with Crippen molar-refractivity contribution in [3.8, 4) is 0 Å². The summed E-state index contributed by atoms with van der Waals surface area (Å²) in [6.07, 6.45) is 13.7. The highest BCUT2D eigenvalue weighted by Gasteiger charge is 2.44. The number of hydrogen-bond acceptors (Lipinski definition) is 4. The molecule has 3 heterocycles. The highest BCUT2D eigenvalue weighted by molar-refractivity contribution is 5.88. The third-order valence-corrected chi connectivity index (χ3v) is 8.35. The van der Waals surface area contributed by atoms with Crippen LogP contribution >= 0.6 is 0 Å². The Morgan fingerprint density at radius 1 is 1.06 bits per heavy atom. The van der Waals surface area contributed by atoms with Gasteiger partial charge in [0, 0.05) is 24.2 Å². The normalized spacial score (nSPS) is 27.6. The van der Waals surface area contributed by atoms with Gasteiger partial charge in [-0.2, -0.15) is 0 Å². The van der Waals surface area contributed by atoms with Gasteiger partial charge in [-0.25, -0.2) is 9.78 Å². The van der Waals surface area contributed by atoms with Crippen LogP contribution < -0.4 is 5.56 Å². The van der Waals surface area contributed by atoms with Crippen LogP contribution in [0.25, 0.3) is 11.0 Å². The van der Waals surface area contributed by atoms with E-state index in [1.165, 1.54) is 57.8 Å². The molecular formula is C26H35N3O3. The second-order valence-electron chi connectivity index (χ2n) is 10.2. The van der Waals surface area contributed by atoms with Gasteiger partial charge in [-0.15, -0.1) is 0 Å². The maximum Gasteiger partial charge on any atom is 0.360 e. The summed E-state index contributed by atoms with van der Waals surface area (Å²) in [6.45, 7) is 2.33. The van der Waals surface area contributed by atoms with Crippen LogP contribution in [-0.2, 0) is 0 Å². The first-order valence-electron chi connectivity index (χ1n) is 12.6. The molecule has 0 unspecified atom stereocenters. The van der Waals surface area contributed by atoms with Crippen molar-refractivity contribution in [2.75, 3.05) is 0 Å². The van der Waals surface area contributed by atoms with E-state index in [2.05, 4.69) is 16.8 Å². The monoisotopic (exact) mass is 437 g/mol. The van der Waals surface area contributed by atoms with Crippen molar-refractivity contribution in [1.29, 1.82) is 0 Å². The summed E-state index contributed by atoms with van der Waals surface area (Å²) in [5.41, 5.74) is 0.531. The van der Waals surface area contributed by atoms with Crippen LogP contribution in [-0.4, -0.2) is 43.7 Å². The zero-order valence-corrected chi connectivity index (χ0v) is 19.1. The summed E-state index contributed by atoms with van der Waals surface area (Å²) >= 11 is 0. The van der Waals surface area contributed by atoms with Gasteiger partial charge < -0.3 is 9.67 Å². The van der Waals surface area contributed by atoms with Gasteiger partial charge in [0.2, 0.25) is 5.69 Å². The minimum Gasteiger partial charge on any atom is -0.476 e. The summed E-state index contributed by atoms with van der Waals surface area (Å²) in [5.74, 6) is -0.371. The predicted octanol–water partition coefficient (Wildman–Crippen LogP) is 5.01. The van der Waals surface area contributed by atoms with E-state index in [4.69, 9.17) is 0 Å². The zero-order valence-electron chi connectivity index (χ0n) is 19.1. The van der Waals surface area contributed by atoms with Crippen molar-refractivity contribution >= 4 is 17.0 Å². The number of fused-ring (bicyclic) bond motifs is 3. The lowest BCUT2D eigenvalue weighted by molar-refractivity contribution is 0.0452. The van der Waals surface area contributed by atoms with Gasteiger partial charge in [0.25, 0.3) is 5.56 Å². The number of aromatic nitrogens is 2.